The van der Waals surface area contributed by atoms with Gasteiger partial charge in [-0.1, -0.05) is 12.1 Å². The van der Waals surface area contributed by atoms with E-state index in [-0.39, 0.29) is 17.6 Å². The van der Waals surface area contributed by atoms with Crippen LogP contribution in [0.25, 0.3) is 0 Å². The Morgan fingerprint density at radius 1 is 1.35 bits per heavy atom. The van der Waals surface area contributed by atoms with E-state index in [4.69, 9.17) is 4.74 Å². The van der Waals surface area contributed by atoms with Crippen molar-refractivity contribution in [2.45, 2.75) is 12.6 Å². The molecule has 0 radical (unpaired) electrons. The third kappa shape index (κ3) is 3.59. The molecule has 20 heavy (non-hydrogen) atoms. The number of amides is 1. The van der Waals surface area contributed by atoms with Gasteiger partial charge in [-0.05, 0) is 23.8 Å². The number of nitrogens with zero attached hydrogens (tertiary/aromatic N) is 1. The van der Waals surface area contributed by atoms with Crippen LogP contribution in [-0.2, 0) is 4.79 Å². The number of hydrogen-bond acceptors (Lipinski definition) is 3. The van der Waals surface area contributed by atoms with Gasteiger partial charge in [0.15, 0.2) is 6.61 Å². The Kier molecular flexibility index (Phi) is 4.47. The van der Waals surface area contributed by atoms with Gasteiger partial charge in [-0.3, -0.25) is 4.79 Å². The highest BCUT2D eigenvalue weighted by atomic mass is 32.1. The molecule has 1 heterocycles. The number of ether oxygens (including phenoxy) is 1. The summed E-state index contributed by atoms with van der Waals surface area (Å²) in [6.45, 7) is -0.920. The number of thiol groups is 1. The highest BCUT2D eigenvalue weighted by Crippen LogP contribution is 2.34. The molecule has 1 unspecified atom stereocenters. The van der Waals surface area contributed by atoms with Gasteiger partial charge in [0.25, 0.3) is 0 Å². The summed E-state index contributed by atoms with van der Waals surface area (Å²) in [5, 5.41) is 0. The van der Waals surface area contributed by atoms with Gasteiger partial charge in [-0.25, -0.2) is 0 Å². The molecule has 0 bridgehead atoms. The van der Waals surface area contributed by atoms with E-state index >= 15 is 0 Å². The largest absolute Gasteiger partial charge is 0.482 e. The number of carbonyl (C=O) groups is 1. The Balaban J connectivity index is 2.18. The van der Waals surface area contributed by atoms with Crippen LogP contribution in [0.1, 0.15) is 6.42 Å². The molecular weight excluding hydrogens is 291 g/mol. The standard InChI is InChI=1S/C13H14F3NO2S/c14-13(15,16)8-19-11-4-2-1-3-10(11)17-6-9(7-20)5-12(17)18/h1-4,9,20H,5-8H2. The van der Waals surface area contributed by atoms with Crippen molar-refractivity contribution in [1.29, 1.82) is 0 Å². The normalized spacial score (nSPS) is 19.5. The lowest BCUT2D eigenvalue weighted by molar-refractivity contribution is -0.153. The highest BCUT2D eigenvalue weighted by Gasteiger charge is 2.33. The Labute approximate surface area is 120 Å². The zero-order valence-corrected chi connectivity index (χ0v) is 11.5. The van der Waals surface area contributed by atoms with Crippen molar-refractivity contribution < 1.29 is 22.7 Å². The highest BCUT2D eigenvalue weighted by molar-refractivity contribution is 7.80. The van der Waals surface area contributed by atoms with Gasteiger partial charge in [-0.15, -0.1) is 0 Å². The summed E-state index contributed by atoms with van der Waals surface area (Å²) in [4.78, 5) is 13.4. The van der Waals surface area contributed by atoms with Gasteiger partial charge in [0.05, 0.1) is 5.69 Å². The van der Waals surface area contributed by atoms with Crippen molar-refractivity contribution in [3.05, 3.63) is 24.3 Å². The maximum atomic E-state index is 12.2. The van der Waals surface area contributed by atoms with Crippen LogP contribution in [0, 0.1) is 5.92 Å². The monoisotopic (exact) mass is 305 g/mol. The molecule has 0 saturated carbocycles. The molecule has 0 spiro atoms. The predicted molar refractivity (Wildman–Crippen MR) is 72.3 cm³/mol. The quantitative estimate of drug-likeness (QED) is 0.867. The zero-order valence-electron chi connectivity index (χ0n) is 10.6. The van der Waals surface area contributed by atoms with Gasteiger partial charge in [0.1, 0.15) is 5.75 Å². The SMILES string of the molecule is O=C1CC(CS)CN1c1ccccc1OCC(F)(F)F. The number of alkyl halides is 3. The Morgan fingerprint density at radius 3 is 2.65 bits per heavy atom. The van der Waals surface area contributed by atoms with Crippen molar-refractivity contribution in [3.8, 4) is 5.75 Å². The lowest BCUT2D eigenvalue weighted by Crippen LogP contribution is -2.26. The summed E-state index contributed by atoms with van der Waals surface area (Å²) in [6, 6.07) is 6.26. The fourth-order valence-electron chi connectivity index (χ4n) is 2.10. The van der Waals surface area contributed by atoms with E-state index in [1.165, 1.54) is 11.0 Å². The smallest absolute Gasteiger partial charge is 0.422 e. The van der Waals surface area contributed by atoms with Crippen molar-refractivity contribution in [3.63, 3.8) is 0 Å². The average Bonchev–Trinajstić information content (AvgIpc) is 2.77. The molecule has 1 fully saturated rings. The first-order valence-electron chi connectivity index (χ1n) is 6.10. The van der Waals surface area contributed by atoms with E-state index in [2.05, 4.69) is 12.6 Å². The zero-order chi connectivity index (χ0) is 14.8. The summed E-state index contributed by atoms with van der Waals surface area (Å²) in [6.07, 6.45) is -4.05. The van der Waals surface area contributed by atoms with E-state index in [9.17, 15) is 18.0 Å². The minimum Gasteiger partial charge on any atom is -0.482 e. The average molecular weight is 305 g/mol. The maximum Gasteiger partial charge on any atom is 0.422 e. The first kappa shape index (κ1) is 15.0. The molecule has 7 heteroatoms. The molecule has 0 aromatic heterocycles. The van der Waals surface area contributed by atoms with E-state index in [0.29, 0.717) is 24.4 Å². The van der Waals surface area contributed by atoms with Crippen molar-refractivity contribution in [2.75, 3.05) is 23.8 Å². The van der Waals surface area contributed by atoms with Gasteiger partial charge in [-0.2, -0.15) is 25.8 Å². The minimum atomic E-state index is -4.41. The van der Waals surface area contributed by atoms with E-state index in [1.54, 1.807) is 18.2 Å². The van der Waals surface area contributed by atoms with Gasteiger partial charge in [0, 0.05) is 13.0 Å². The molecule has 1 saturated heterocycles. The summed E-state index contributed by atoms with van der Waals surface area (Å²) in [7, 11) is 0. The molecule has 1 aromatic rings. The summed E-state index contributed by atoms with van der Waals surface area (Å²) in [5.41, 5.74) is 0.381. The number of hydrogen-bond donors (Lipinski definition) is 1. The van der Waals surface area contributed by atoms with Gasteiger partial charge >= 0.3 is 6.18 Å². The molecule has 1 amide bonds. The van der Waals surface area contributed by atoms with Crippen LogP contribution in [0.4, 0.5) is 18.9 Å². The number of rotatable bonds is 4. The lowest BCUT2D eigenvalue weighted by Gasteiger charge is -2.20. The molecule has 1 aliphatic heterocycles. The van der Waals surface area contributed by atoms with E-state index in [1.807, 2.05) is 0 Å². The van der Waals surface area contributed by atoms with Gasteiger partial charge in [0.2, 0.25) is 5.91 Å². The van der Waals surface area contributed by atoms with Gasteiger partial charge < -0.3 is 9.64 Å². The molecular formula is C13H14F3NO2S. The van der Waals surface area contributed by atoms with Crippen molar-refractivity contribution in [2.24, 2.45) is 5.92 Å². The number of halogens is 3. The number of anilines is 1. The van der Waals surface area contributed by atoms with Crippen molar-refractivity contribution in [1.82, 2.24) is 0 Å². The summed E-state index contributed by atoms with van der Waals surface area (Å²) >= 11 is 4.16. The van der Waals surface area contributed by atoms with Crippen LogP contribution in [0.15, 0.2) is 24.3 Å². The van der Waals surface area contributed by atoms with Crippen molar-refractivity contribution >= 4 is 24.2 Å². The molecule has 1 aromatic carbocycles. The van der Waals surface area contributed by atoms with E-state index in [0.717, 1.165) is 0 Å². The van der Waals surface area contributed by atoms with Crippen LogP contribution in [0.2, 0.25) is 0 Å². The second kappa shape index (κ2) is 5.95. The second-order valence-electron chi connectivity index (χ2n) is 4.63. The first-order valence-corrected chi connectivity index (χ1v) is 6.74. The lowest BCUT2D eigenvalue weighted by atomic mass is 10.1. The number of benzene rings is 1. The van der Waals surface area contributed by atoms with Crippen LogP contribution in [0.3, 0.4) is 0 Å². The molecule has 2 rings (SSSR count). The summed E-state index contributed by atoms with van der Waals surface area (Å²) in [5.74, 6) is 0.625. The molecule has 1 atom stereocenters. The fourth-order valence-corrected chi connectivity index (χ4v) is 2.34. The maximum absolute atomic E-state index is 12.2. The van der Waals surface area contributed by atoms with Crippen LogP contribution < -0.4 is 9.64 Å². The fraction of sp³-hybridized carbons (Fsp3) is 0.462. The topological polar surface area (TPSA) is 29.5 Å². The molecule has 0 N–H and O–H groups in total. The van der Waals surface area contributed by atoms with Crippen LogP contribution in [-0.4, -0.2) is 31.0 Å². The molecule has 110 valence electrons. The third-order valence-corrected chi connectivity index (χ3v) is 3.53. The number of para-hydroxylation sites is 2. The predicted octanol–water partition coefficient (Wildman–Crippen LogP) is 2.91. The summed E-state index contributed by atoms with van der Waals surface area (Å²) < 4.78 is 41.5. The first-order chi connectivity index (χ1) is 9.40. The second-order valence-corrected chi connectivity index (χ2v) is 4.99. The number of carbonyl (C=O) groups excluding carboxylic acids is 1. The molecule has 1 aliphatic rings. The Bertz CT molecular complexity index is 493. The Morgan fingerprint density at radius 2 is 2.05 bits per heavy atom. The minimum absolute atomic E-state index is 0.0676. The third-order valence-electron chi connectivity index (χ3n) is 3.01. The van der Waals surface area contributed by atoms with Crippen LogP contribution in [0.5, 0.6) is 5.75 Å². The molecule has 0 aliphatic carbocycles. The van der Waals surface area contributed by atoms with E-state index < -0.39 is 12.8 Å². The van der Waals surface area contributed by atoms with Crippen LogP contribution >= 0.6 is 12.6 Å². The Hall–Kier alpha value is -1.37. The molecule has 3 nitrogen and oxygen atoms in total.